The normalized spacial score (nSPS) is 14.5. The van der Waals surface area contributed by atoms with Crippen molar-refractivity contribution in [1.82, 2.24) is 15.3 Å². The number of morpholine rings is 1. The maximum atomic E-state index is 12.0. The molecule has 0 saturated carbocycles. The van der Waals surface area contributed by atoms with Crippen molar-refractivity contribution >= 4 is 17.4 Å². The van der Waals surface area contributed by atoms with Gasteiger partial charge in [-0.1, -0.05) is 6.07 Å². The predicted octanol–water partition coefficient (Wildman–Crippen LogP) is 0.825. The number of hydrogen-bond acceptors (Lipinski definition) is 6. The van der Waals surface area contributed by atoms with Gasteiger partial charge in [-0.3, -0.25) is 4.79 Å². The molecule has 23 heavy (non-hydrogen) atoms. The number of nitrogens with one attached hydrogen (secondary N) is 1. The summed E-state index contributed by atoms with van der Waals surface area (Å²) >= 11 is 0. The number of nitrogens with two attached hydrogens (primary N) is 1. The lowest BCUT2D eigenvalue weighted by Crippen LogP contribution is -2.36. The van der Waals surface area contributed by atoms with Gasteiger partial charge in [-0.15, -0.1) is 0 Å². The van der Waals surface area contributed by atoms with Gasteiger partial charge in [0.15, 0.2) is 0 Å². The highest BCUT2D eigenvalue weighted by Crippen LogP contribution is 2.13. The molecule has 0 atom stereocenters. The number of anilines is 2. The van der Waals surface area contributed by atoms with E-state index in [4.69, 9.17) is 10.5 Å². The summed E-state index contributed by atoms with van der Waals surface area (Å²) in [5.74, 6) is 0.700. The van der Waals surface area contributed by atoms with Crippen molar-refractivity contribution in [3.05, 3.63) is 47.9 Å². The molecule has 7 heteroatoms. The van der Waals surface area contributed by atoms with E-state index in [0.717, 1.165) is 37.7 Å². The Labute approximate surface area is 134 Å². The number of ether oxygens (including phenoxy) is 1. The average molecular weight is 313 g/mol. The van der Waals surface area contributed by atoms with E-state index in [1.807, 2.05) is 12.1 Å². The third kappa shape index (κ3) is 3.95. The van der Waals surface area contributed by atoms with Gasteiger partial charge in [-0.25, -0.2) is 9.97 Å². The fraction of sp³-hybridized carbons (Fsp3) is 0.312. The molecular weight excluding hydrogens is 294 g/mol. The topological polar surface area (TPSA) is 93.4 Å². The number of nitrogens with zero attached hydrogens (tertiary/aromatic N) is 3. The number of rotatable bonds is 4. The number of carbonyl (C=O) groups excluding carboxylic acids is 1. The van der Waals surface area contributed by atoms with E-state index in [2.05, 4.69) is 20.2 Å². The fourth-order valence-electron chi connectivity index (χ4n) is 2.31. The Morgan fingerprint density at radius 1 is 1.17 bits per heavy atom. The van der Waals surface area contributed by atoms with Gasteiger partial charge < -0.3 is 20.7 Å². The number of amides is 1. The molecule has 3 heterocycles. The second kappa shape index (κ2) is 7.06. The van der Waals surface area contributed by atoms with Gasteiger partial charge in [-0.05, 0) is 23.8 Å². The van der Waals surface area contributed by atoms with Crippen molar-refractivity contribution in [3.8, 4) is 0 Å². The largest absolute Gasteiger partial charge is 0.397 e. The quantitative estimate of drug-likeness (QED) is 0.868. The Bertz CT molecular complexity index is 651. The van der Waals surface area contributed by atoms with Crippen LogP contribution in [0.1, 0.15) is 16.1 Å². The van der Waals surface area contributed by atoms with Crippen molar-refractivity contribution < 1.29 is 9.53 Å². The number of aromatic nitrogens is 2. The average Bonchev–Trinajstić information content (AvgIpc) is 2.61. The standard InChI is InChI=1S/C16H19N5O2/c17-13-2-3-14(18-11-13)16(22)20-10-12-1-4-15(19-9-12)21-5-7-23-8-6-21/h1-4,9,11H,5-8,10,17H2,(H,20,22). The smallest absolute Gasteiger partial charge is 0.270 e. The van der Waals surface area contributed by atoms with Crippen LogP contribution in [-0.2, 0) is 11.3 Å². The highest BCUT2D eigenvalue weighted by molar-refractivity contribution is 5.92. The van der Waals surface area contributed by atoms with Crippen LogP contribution in [0, 0.1) is 0 Å². The maximum Gasteiger partial charge on any atom is 0.270 e. The van der Waals surface area contributed by atoms with Crippen molar-refractivity contribution in [1.29, 1.82) is 0 Å². The zero-order valence-electron chi connectivity index (χ0n) is 12.7. The lowest BCUT2D eigenvalue weighted by Gasteiger charge is -2.27. The molecule has 0 unspecified atom stereocenters. The van der Waals surface area contributed by atoms with Crippen LogP contribution in [0.15, 0.2) is 36.7 Å². The molecule has 0 spiro atoms. The van der Waals surface area contributed by atoms with Crippen molar-refractivity contribution in [2.45, 2.75) is 6.54 Å². The van der Waals surface area contributed by atoms with Crippen LogP contribution in [-0.4, -0.2) is 42.2 Å². The van der Waals surface area contributed by atoms with E-state index in [-0.39, 0.29) is 5.91 Å². The zero-order chi connectivity index (χ0) is 16.1. The van der Waals surface area contributed by atoms with E-state index < -0.39 is 0 Å². The molecule has 7 nitrogen and oxygen atoms in total. The van der Waals surface area contributed by atoms with Gasteiger partial charge >= 0.3 is 0 Å². The predicted molar refractivity (Wildman–Crippen MR) is 87.1 cm³/mol. The molecule has 1 saturated heterocycles. The highest BCUT2D eigenvalue weighted by atomic mass is 16.5. The van der Waals surface area contributed by atoms with Gasteiger partial charge in [-0.2, -0.15) is 0 Å². The second-order valence-corrected chi connectivity index (χ2v) is 5.28. The lowest BCUT2D eigenvalue weighted by atomic mass is 10.2. The van der Waals surface area contributed by atoms with Crippen LogP contribution in [0.2, 0.25) is 0 Å². The molecule has 1 fully saturated rings. The number of nitrogen functional groups attached to an aromatic ring is 1. The molecule has 0 aromatic carbocycles. The summed E-state index contributed by atoms with van der Waals surface area (Å²) in [6.07, 6.45) is 3.25. The van der Waals surface area contributed by atoms with Gasteiger partial charge in [0, 0.05) is 25.8 Å². The summed E-state index contributed by atoms with van der Waals surface area (Å²) in [4.78, 5) is 22.6. The minimum absolute atomic E-state index is 0.234. The van der Waals surface area contributed by atoms with E-state index >= 15 is 0 Å². The third-order valence-corrected chi connectivity index (χ3v) is 3.62. The molecule has 3 N–H and O–H groups in total. The zero-order valence-corrected chi connectivity index (χ0v) is 12.7. The monoisotopic (exact) mass is 313 g/mol. The first-order valence-electron chi connectivity index (χ1n) is 7.50. The molecule has 120 valence electrons. The van der Waals surface area contributed by atoms with Crippen LogP contribution >= 0.6 is 0 Å². The number of pyridine rings is 2. The van der Waals surface area contributed by atoms with Crippen LogP contribution in [0.25, 0.3) is 0 Å². The Morgan fingerprint density at radius 2 is 2.00 bits per heavy atom. The molecule has 2 aromatic heterocycles. The minimum Gasteiger partial charge on any atom is -0.397 e. The number of hydrogen-bond donors (Lipinski definition) is 2. The van der Waals surface area contributed by atoms with Gasteiger partial charge in [0.05, 0.1) is 25.1 Å². The first-order chi connectivity index (χ1) is 11.2. The first-order valence-corrected chi connectivity index (χ1v) is 7.50. The molecule has 3 rings (SSSR count). The van der Waals surface area contributed by atoms with Crippen LogP contribution < -0.4 is 16.0 Å². The maximum absolute atomic E-state index is 12.0. The summed E-state index contributed by atoms with van der Waals surface area (Å²) in [5.41, 5.74) is 7.37. The van der Waals surface area contributed by atoms with E-state index in [0.29, 0.717) is 17.9 Å². The van der Waals surface area contributed by atoms with Crippen LogP contribution in [0.3, 0.4) is 0 Å². The fourth-order valence-corrected chi connectivity index (χ4v) is 2.31. The summed E-state index contributed by atoms with van der Waals surface area (Å²) in [7, 11) is 0. The van der Waals surface area contributed by atoms with Crippen molar-refractivity contribution in [3.63, 3.8) is 0 Å². The van der Waals surface area contributed by atoms with Gasteiger partial charge in [0.1, 0.15) is 11.5 Å². The van der Waals surface area contributed by atoms with E-state index in [1.165, 1.54) is 6.20 Å². The van der Waals surface area contributed by atoms with Crippen LogP contribution in [0.5, 0.6) is 0 Å². The molecule has 0 aliphatic carbocycles. The number of carbonyl (C=O) groups is 1. The van der Waals surface area contributed by atoms with Crippen molar-refractivity contribution in [2.24, 2.45) is 0 Å². The first kappa shape index (κ1) is 15.2. The third-order valence-electron chi connectivity index (χ3n) is 3.62. The summed E-state index contributed by atoms with van der Waals surface area (Å²) in [6.45, 7) is 3.57. The van der Waals surface area contributed by atoms with Gasteiger partial charge in [0.2, 0.25) is 0 Å². The highest BCUT2D eigenvalue weighted by Gasteiger charge is 2.12. The molecule has 0 bridgehead atoms. The lowest BCUT2D eigenvalue weighted by molar-refractivity contribution is 0.0946. The Balaban J connectivity index is 1.55. The molecule has 2 aromatic rings. The molecular formula is C16H19N5O2. The van der Waals surface area contributed by atoms with E-state index in [9.17, 15) is 4.79 Å². The van der Waals surface area contributed by atoms with E-state index in [1.54, 1.807) is 18.3 Å². The minimum atomic E-state index is -0.234. The Morgan fingerprint density at radius 3 is 2.65 bits per heavy atom. The van der Waals surface area contributed by atoms with Crippen molar-refractivity contribution in [2.75, 3.05) is 36.9 Å². The second-order valence-electron chi connectivity index (χ2n) is 5.28. The van der Waals surface area contributed by atoms with Crippen LogP contribution in [0.4, 0.5) is 11.5 Å². The molecule has 1 amide bonds. The summed E-state index contributed by atoms with van der Waals surface area (Å²) in [6, 6.07) is 7.19. The molecule has 1 aliphatic rings. The Hall–Kier alpha value is -2.67. The molecule has 1 aliphatic heterocycles. The molecule has 0 radical (unpaired) electrons. The Kier molecular flexibility index (Phi) is 4.68. The SMILES string of the molecule is Nc1ccc(C(=O)NCc2ccc(N3CCOCC3)nc2)nc1. The summed E-state index contributed by atoms with van der Waals surface area (Å²) < 4.78 is 5.33. The summed E-state index contributed by atoms with van der Waals surface area (Å²) in [5, 5.41) is 2.82. The van der Waals surface area contributed by atoms with Gasteiger partial charge in [0.25, 0.3) is 5.91 Å².